The van der Waals surface area contributed by atoms with Crippen molar-refractivity contribution < 1.29 is 28.4 Å². The topological polar surface area (TPSA) is 55.4 Å². The molecule has 84 heavy (non-hydrogen) atoms. The fraction of sp³-hybridized carbons (Fsp3) is 0.154. The number of benzene rings is 9. The molecule has 0 radical (unpaired) electrons. The lowest BCUT2D eigenvalue weighted by atomic mass is 9.67. The summed E-state index contributed by atoms with van der Waals surface area (Å²) in [6.45, 7) is 0. The maximum Gasteiger partial charge on any atom is 0.180 e. The van der Waals surface area contributed by atoms with E-state index in [4.69, 9.17) is 28.4 Å². The summed E-state index contributed by atoms with van der Waals surface area (Å²) in [5.41, 5.74) is 7.39. The molecule has 0 atom stereocenters. The van der Waals surface area contributed by atoms with E-state index >= 15 is 0 Å². The lowest BCUT2D eigenvalue weighted by molar-refractivity contribution is 0.0330. The molecule has 11 aliphatic carbocycles. The molecule has 0 N–H and O–H groups in total. The second kappa shape index (κ2) is 21.1. The number of rotatable bonds is 6. The zero-order valence-corrected chi connectivity index (χ0v) is 47.2. The minimum atomic E-state index is -1.21. The van der Waals surface area contributed by atoms with Gasteiger partial charge >= 0.3 is 0 Å². The van der Waals surface area contributed by atoms with E-state index in [0.717, 1.165) is 100 Å². The van der Waals surface area contributed by atoms with Crippen molar-refractivity contribution in [2.45, 2.75) is 33.6 Å². The van der Waals surface area contributed by atoms with Crippen LogP contribution in [0.3, 0.4) is 0 Å². The van der Waals surface area contributed by atoms with Gasteiger partial charge in [-0.1, -0.05) is 223 Å². The van der Waals surface area contributed by atoms with Gasteiger partial charge < -0.3 is 28.4 Å². The molecule has 20 rings (SSSR count). The number of ether oxygens (including phenoxy) is 6. The molecule has 0 aliphatic heterocycles. The van der Waals surface area contributed by atoms with Crippen molar-refractivity contribution in [1.29, 1.82) is 0 Å². The van der Waals surface area contributed by atoms with Crippen molar-refractivity contribution >= 4 is 0 Å². The van der Waals surface area contributed by atoms with Gasteiger partial charge in [-0.2, -0.15) is 0 Å². The fourth-order valence-electron chi connectivity index (χ4n) is 12.8. The van der Waals surface area contributed by atoms with Crippen molar-refractivity contribution in [3.8, 4) is 71.0 Å². The molecule has 0 spiro atoms. The maximum absolute atomic E-state index is 6.66. The molecule has 12 bridgehead atoms. The molecule has 0 fully saturated rings. The van der Waals surface area contributed by atoms with Crippen LogP contribution in [0.1, 0.15) is 100 Å². The molecule has 9 aromatic rings. The Kier molecular flexibility index (Phi) is 13.4. The van der Waals surface area contributed by atoms with Gasteiger partial charge in [-0.3, -0.25) is 0 Å². The van der Waals surface area contributed by atoms with Crippen LogP contribution in [0.15, 0.2) is 218 Å². The van der Waals surface area contributed by atoms with E-state index in [1.165, 1.54) is 0 Å². The van der Waals surface area contributed by atoms with Crippen LogP contribution in [-0.2, 0) is 62.0 Å². The molecular weight excluding hydrogens is 1030 g/mol. The van der Waals surface area contributed by atoms with E-state index in [9.17, 15) is 0 Å². The van der Waals surface area contributed by atoms with Gasteiger partial charge in [-0.05, 0) is 66.7 Å². The van der Waals surface area contributed by atoms with Crippen molar-refractivity contribution in [3.05, 3.63) is 319 Å². The van der Waals surface area contributed by atoms with Crippen LogP contribution >= 0.6 is 0 Å². The Morgan fingerprint density at radius 3 is 0.500 bits per heavy atom. The first kappa shape index (κ1) is 53.4. The first-order chi connectivity index (χ1) is 41.2. The summed E-state index contributed by atoms with van der Waals surface area (Å²) in [7, 11) is 10.2. The van der Waals surface area contributed by atoms with Crippen LogP contribution < -0.4 is 0 Å². The van der Waals surface area contributed by atoms with Crippen LogP contribution in [0.25, 0.3) is 0 Å². The standard InChI is InChI=1S/C78H54O6/c1-79-73-48-42-55-34-38-57(39-35-55)44-50-75(81-3)65-26-11-15-30-69(65)77(83-5,70-31-16-12-27-66(70)75)52-46-59-20-19-21-60(54-59)47-53-78(84-6)71-32-17-13-28-67(71)76(82-4,68-29-14-18-33-72(68)78)51-45-58-40-36-56(37-41-58)43-49-74(80-2,63-24-9-7-22-61(63)73)64-25-10-8-23-62(64)73/h7-41,54H,1-6H3. The Labute approximate surface area is 491 Å². The van der Waals surface area contributed by atoms with Gasteiger partial charge in [0.2, 0.25) is 0 Å². The van der Waals surface area contributed by atoms with Gasteiger partial charge in [0.15, 0.2) is 33.6 Å². The summed E-state index contributed by atoms with van der Waals surface area (Å²) in [5.74, 6) is 42.7. The fourth-order valence-corrected chi connectivity index (χ4v) is 12.8. The van der Waals surface area contributed by atoms with Gasteiger partial charge in [0.25, 0.3) is 0 Å². The molecule has 0 amide bonds. The first-order valence-electron chi connectivity index (χ1n) is 27.6. The van der Waals surface area contributed by atoms with Gasteiger partial charge in [-0.15, -0.1) is 0 Å². The van der Waals surface area contributed by atoms with E-state index in [1.807, 2.05) is 218 Å². The van der Waals surface area contributed by atoms with E-state index in [2.05, 4.69) is 71.0 Å². The van der Waals surface area contributed by atoms with Gasteiger partial charge in [0, 0.05) is 143 Å². The molecule has 9 aromatic carbocycles. The molecule has 0 saturated carbocycles. The monoisotopic (exact) mass is 1090 g/mol. The predicted molar refractivity (Wildman–Crippen MR) is 326 cm³/mol. The lowest BCUT2D eigenvalue weighted by Crippen LogP contribution is -2.43. The summed E-state index contributed by atoms with van der Waals surface area (Å²) in [6.07, 6.45) is 0. The van der Waals surface area contributed by atoms with Crippen molar-refractivity contribution in [2.75, 3.05) is 42.7 Å². The Balaban J connectivity index is 1.02. The molecule has 11 aliphatic rings. The predicted octanol–water partition coefficient (Wildman–Crippen LogP) is 12.6. The Morgan fingerprint density at radius 1 is 0.190 bits per heavy atom. The molecule has 0 aromatic heterocycles. The average Bonchev–Trinajstić information content (AvgIpc) is 0.877. The summed E-state index contributed by atoms with van der Waals surface area (Å²) >= 11 is 0. The van der Waals surface area contributed by atoms with E-state index in [0.29, 0.717) is 0 Å². The smallest absolute Gasteiger partial charge is 0.180 e. The summed E-state index contributed by atoms with van der Waals surface area (Å²) in [6, 6.07) is 72.4. The number of hydrogen-bond donors (Lipinski definition) is 0. The average molecular weight is 1090 g/mol. The molecule has 0 heterocycles. The quantitative estimate of drug-likeness (QED) is 0.155. The largest absolute Gasteiger partial charge is 0.357 e. The third kappa shape index (κ3) is 8.10. The maximum atomic E-state index is 6.66. The molecule has 0 unspecified atom stereocenters. The molecule has 6 heteroatoms. The Morgan fingerprint density at radius 2 is 0.345 bits per heavy atom. The van der Waals surface area contributed by atoms with Crippen LogP contribution in [0.4, 0.5) is 0 Å². The molecule has 0 saturated heterocycles. The second-order valence-electron chi connectivity index (χ2n) is 20.8. The lowest BCUT2D eigenvalue weighted by Gasteiger charge is -2.43. The highest BCUT2D eigenvalue weighted by Crippen LogP contribution is 2.54. The van der Waals surface area contributed by atoms with Gasteiger partial charge in [0.1, 0.15) is 0 Å². The van der Waals surface area contributed by atoms with Crippen molar-refractivity contribution in [3.63, 3.8) is 0 Å². The third-order valence-electron chi connectivity index (χ3n) is 16.9. The van der Waals surface area contributed by atoms with Crippen LogP contribution in [0.5, 0.6) is 0 Å². The first-order valence-corrected chi connectivity index (χ1v) is 27.6. The third-order valence-corrected chi connectivity index (χ3v) is 16.9. The normalized spacial score (nSPS) is 23.2. The highest BCUT2D eigenvalue weighted by molar-refractivity contribution is 5.70. The van der Waals surface area contributed by atoms with E-state index in [1.54, 1.807) is 42.7 Å². The summed E-state index contributed by atoms with van der Waals surface area (Å²) in [5, 5.41) is 0. The number of hydrogen-bond acceptors (Lipinski definition) is 6. The highest BCUT2D eigenvalue weighted by Gasteiger charge is 2.53. The Bertz CT molecular complexity index is 4100. The summed E-state index contributed by atoms with van der Waals surface area (Å²) in [4.78, 5) is 0. The second-order valence-corrected chi connectivity index (χ2v) is 20.8. The summed E-state index contributed by atoms with van der Waals surface area (Å²) < 4.78 is 39.8. The van der Waals surface area contributed by atoms with Crippen LogP contribution in [0.2, 0.25) is 0 Å². The molecular formula is C78H54O6. The Hall–Kier alpha value is -9.90. The highest BCUT2D eigenvalue weighted by atomic mass is 16.5. The van der Waals surface area contributed by atoms with Crippen molar-refractivity contribution in [1.82, 2.24) is 0 Å². The minimum absolute atomic E-state index is 0.750. The minimum Gasteiger partial charge on any atom is -0.357 e. The zero-order valence-electron chi connectivity index (χ0n) is 47.2. The van der Waals surface area contributed by atoms with Gasteiger partial charge in [0.05, 0.1) is 0 Å². The zero-order chi connectivity index (χ0) is 57.6. The van der Waals surface area contributed by atoms with Crippen LogP contribution in [-0.4, -0.2) is 42.7 Å². The molecule has 402 valence electrons. The van der Waals surface area contributed by atoms with Crippen LogP contribution in [0, 0.1) is 71.0 Å². The van der Waals surface area contributed by atoms with Gasteiger partial charge in [-0.25, -0.2) is 0 Å². The van der Waals surface area contributed by atoms with Crippen molar-refractivity contribution in [2.24, 2.45) is 0 Å². The molecule has 6 nitrogen and oxygen atoms in total. The van der Waals surface area contributed by atoms with E-state index < -0.39 is 33.6 Å². The van der Waals surface area contributed by atoms with E-state index in [-0.39, 0.29) is 0 Å². The number of methoxy groups -OCH3 is 6. The SMILES string of the molecule is COC12C#Cc3ccc(cc3)C#CC3(OC)c4ccccc4C(OC)(C#Cc4cccc(c4)C#CC4(OC)c5ccccc5C(OC)(C#Cc5ccc(cc5)C#CC(OC)(c5ccccc51)c1ccccc12)c1ccccc14)c1ccccc13.